The summed E-state index contributed by atoms with van der Waals surface area (Å²) in [4.78, 5) is 10.9. The Hall–Kier alpha value is -1.28. The topological polar surface area (TPSA) is 57.8 Å². The molecule has 0 aliphatic rings. The van der Waals surface area contributed by atoms with Crippen LogP contribution in [0.1, 0.15) is 6.92 Å². The Morgan fingerprint density at radius 1 is 1.83 bits per heavy atom. The lowest BCUT2D eigenvalue weighted by molar-refractivity contribution is -0.111. The molecule has 0 bridgehead atoms. The van der Waals surface area contributed by atoms with Gasteiger partial charge in [-0.1, -0.05) is 5.92 Å². The SMILES string of the molecule is CC#CC(=O)Nc1[nH]ncc1Br. The molecule has 5 heteroatoms. The molecule has 0 fully saturated rings. The standard InChI is InChI=1S/C7H6BrN3O/c1-2-3-6(12)10-7-5(8)4-9-11-7/h4H,1H3,(H2,9,10,11,12). The van der Waals surface area contributed by atoms with Crippen molar-refractivity contribution in [3.05, 3.63) is 10.7 Å². The van der Waals surface area contributed by atoms with Crippen molar-refractivity contribution in [2.45, 2.75) is 6.92 Å². The number of halogens is 1. The van der Waals surface area contributed by atoms with E-state index in [1.807, 2.05) is 0 Å². The number of amides is 1. The zero-order chi connectivity index (χ0) is 8.97. The van der Waals surface area contributed by atoms with Gasteiger partial charge in [0.15, 0.2) is 0 Å². The molecule has 62 valence electrons. The van der Waals surface area contributed by atoms with Crippen LogP contribution in [-0.2, 0) is 4.79 Å². The van der Waals surface area contributed by atoms with Crippen LogP contribution in [0.25, 0.3) is 0 Å². The van der Waals surface area contributed by atoms with E-state index in [1.54, 1.807) is 13.1 Å². The van der Waals surface area contributed by atoms with Crippen LogP contribution in [-0.4, -0.2) is 16.1 Å². The summed E-state index contributed by atoms with van der Waals surface area (Å²) in [5.41, 5.74) is 0. The molecule has 1 aromatic rings. The lowest BCUT2D eigenvalue weighted by Gasteiger charge is -1.95. The van der Waals surface area contributed by atoms with Gasteiger partial charge in [0.05, 0.1) is 10.7 Å². The molecule has 1 amide bonds. The van der Waals surface area contributed by atoms with Crippen LogP contribution in [0, 0.1) is 11.8 Å². The average Bonchev–Trinajstić information content (AvgIpc) is 2.37. The fourth-order valence-corrected chi connectivity index (χ4v) is 0.908. The van der Waals surface area contributed by atoms with Gasteiger partial charge < -0.3 is 0 Å². The second-order valence-corrected chi connectivity index (χ2v) is 2.78. The van der Waals surface area contributed by atoms with Gasteiger partial charge in [-0.25, -0.2) is 0 Å². The third-order valence-electron chi connectivity index (χ3n) is 1.07. The number of hydrogen-bond acceptors (Lipinski definition) is 2. The van der Waals surface area contributed by atoms with Gasteiger partial charge in [-0.2, -0.15) is 5.10 Å². The monoisotopic (exact) mass is 227 g/mol. The molecule has 0 aliphatic carbocycles. The quantitative estimate of drug-likeness (QED) is 0.708. The molecule has 0 atom stereocenters. The highest BCUT2D eigenvalue weighted by Gasteiger charge is 2.03. The number of nitrogens with one attached hydrogen (secondary N) is 2. The maximum absolute atomic E-state index is 10.9. The summed E-state index contributed by atoms with van der Waals surface area (Å²) >= 11 is 3.19. The summed E-state index contributed by atoms with van der Waals surface area (Å²) in [5, 5.41) is 8.81. The summed E-state index contributed by atoms with van der Waals surface area (Å²) in [6, 6.07) is 0. The number of carbonyl (C=O) groups is 1. The Bertz CT molecular complexity index is 347. The zero-order valence-corrected chi connectivity index (χ0v) is 7.90. The fourth-order valence-electron chi connectivity index (χ4n) is 0.617. The Morgan fingerprint density at radius 2 is 2.58 bits per heavy atom. The number of hydrogen-bond donors (Lipinski definition) is 2. The molecule has 4 nitrogen and oxygen atoms in total. The van der Waals surface area contributed by atoms with Crippen LogP contribution < -0.4 is 5.32 Å². The van der Waals surface area contributed by atoms with Crippen molar-refractivity contribution < 1.29 is 4.79 Å². The van der Waals surface area contributed by atoms with Gasteiger partial charge in [0, 0.05) is 0 Å². The van der Waals surface area contributed by atoms with Crippen LogP contribution >= 0.6 is 15.9 Å². The third-order valence-corrected chi connectivity index (χ3v) is 1.67. The van der Waals surface area contributed by atoms with Crippen molar-refractivity contribution in [2.24, 2.45) is 0 Å². The molecule has 2 N–H and O–H groups in total. The number of aromatic nitrogens is 2. The first kappa shape index (κ1) is 8.81. The third kappa shape index (κ3) is 2.10. The summed E-state index contributed by atoms with van der Waals surface area (Å²) in [7, 11) is 0. The minimum absolute atomic E-state index is 0.359. The van der Waals surface area contributed by atoms with E-state index in [9.17, 15) is 4.79 Å². The van der Waals surface area contributed by atoms with Crippen LogP contribution in [0.2, 0.25) is 0 Å². The number of nitrogens with zero attached hydrogens (tertiary/aromatic N) is 1. The van der Waals surface area contributed by atoms with E-state index in [4.69, 9.17) is 0 Å². The van der Waals surface area contributed by atoms with Crippen molar-refractivity contribution >= 4 is 27.7 Å². The smallest absolute Gasteiger partial charge is 0.299 e. The van der Waals surface area contributed by atoms with Crippen LogP contribution in [0.5, 0.6) is 0 Å². The molecule has 0 radical (unpaired) electrons. The molecule has 0 unspecified atom stereocenters. The highest BCUT2D eigenvalue weighted by Crippen LogP contribution is 2.17. The first-order valence-electron chi connectivity index (χ1n) is 3.16. The number of H-pyrrole nitrogens is 1. The van der Waals surface area contributed by atoms with E-state index >= 15 is 0 Å². The minimum atomic E-state index is -0.359. The molecular formula is C7H6BrN3O. The molecule has 0 aliphatic heterocycles. The molecule has 0 saturated carbocycles. The molecule has 12 heavy (non-hydrogen) atoms. The van der Waals surface area contributed by atoms with Gasteiger partial charge in [0.2, 0.25) is 0 Å². The zero-order valence-electron chi connectivity index (χ0n) is 6.31. The van der Waals surface area contributed by atoms with E-state index in [-0.39, 0.29) is 5.91 Å². The predicted octanol–water partition coefficient (Wildman–Crippen LogP) is 1.13. The Balaban J connectivity index is 2.68. The van der Waals surface area contributed by atoms with Gasteiger partial charge in [-0.3, -0.25) is 15.2 Å². The van der Waals surface area contributed by atoms with E-state index in [0.717, 1.165) is 0 Å². The van der Waals surface area contributed by atoms with Crippen LogP contribution in [0.4, 0.5) is 5.82 Å². The minimum Gasteiger partial charge on any atom is -0.299 e. The highest BCUT2D eigenvalue weighted by atomic mass is 79.9. The summed E-state index contributed by atoms with van der Waals surface area (Å²) < 4.78 is 0.703. The second-order valence-electron chi connectivity index (χ2n) is 1.92. The van der Waals surface area contributed by atoms with E-state index in [1.165, 1.54) is 0 Å². The van der Waals surface area contributed by atoms with Crippen molar-refractivity contribution in [1.82, 2.24) is 10.2 Å². The van der Waals surface area contributed by atoms with E-state index < -0.39 is 0 Å². The predicted molar refractivity (Wildman–Crippen MR) is 48.4 cm³/mol. The number of anilines is 1. The van der Waals surface area contributed by atoms with Crippen molar-refractivity contribution in [1.29, 1.82) is 0 Å². The second kappa shape index (κ2) is 3.93. The average molecular weight is 228 g/mol. The van der Waals surface area contributed by atoms with Gasteiger partial charge >= 0.3 is 5.91 Å². The number of aromatic amines is 1. The lowest BCUT2D eigenvalue weighted by atomic mass is 10.5. The van der Waals surface area contributed by atoms with Crippen molar-refractivity contribution in [2.75, 3.05) is 5.32 Å². The van der Waals surface area contributed by atoms with Crippen molar-refractivity contribution in [3.8, 4) is 11.8 Å². The molecule has 1 rings (SSSR count). The molecule has 0 spiro atoms. The summed E-state index contributed by atoms with van der Waals surface area (Å²) in [6.45, 7) is 1.60. The molecule has 1 heterocycles. The number of rotatable bonds is 1. The maximum atomic E-state index is 10.9. The van der Waals surface area contributed by atoms with E-state index in [0.29, 0.717) is 10.3 Å². The number of carbonyl (C=O) groups excluding carboxylic acids is 1. The normalized spacial score (nSPS) is 8.50. The Kier molecular flexibility index (Phi) is 2.88. The lowest BCUT2D eigenvalue weighted by Crippen LogP contribution is -2.08. The van der Waals surface area contributed by atoms with Gasteiger partial charge in [-0.05, 0) is 28.8 Å². The molecule has 1 aromatic heterocycles. The van der Waals surface area contributed by atoms with Crippen LogP contribution in [0.15, 0.2) is 10.7 Å². The summed E-state index contributed by atoms with van der Waals surface area (Å²) in [6.07, 6.45) is 1.55. The molecular weight excluding hydrogens is 222 g/mol. The van der Waals surface area contributed by atoms with E-state index in [2.05, 4.69) is 43.3 Å². The van der Waals surface area contributed by atoms with Crippen molar-refractivity contribution in [3.63, 3.8) is 0 Å². The Morgan fingerprint density at radius 3 is 3.08 bits per heavy atom. The first-order chi connectivity index (χ1) is 5.74. The molecule has 0 saturated heterocycles. The molecule has 0 aromatic carbocycles. The van der Waals surface area contributed by atoms with Crippen LogP contribution in [0.3, 0.4) is 0 Å². The van der Waals surface area contributed by atoms with Gasteiger partial charge in [-0.15, -0.1) is 0 Å². The highest BCUT2D eigenvalue weighted by molar-refractivity contribution is 9.10. The Labute approximate surface area is 77.9 Å². The fraction of sp³-hybridized carbons (Fsp3) is 0.143. The first-order valence-corrected chi connectivity index (χ1v) is 3.96. The summed E-state index contributed by atoms with van der Waals surface area (Å²) in [5.74, 6) is 4.99. The maximum Gasteiger partial charge on any atom is 0.301 e. The van der Waals surface area contributed by atoms with Gasteiger partial charge in [0.1, 0.15) is 5.82 Å². The van der Waals surface area contributed by atoms with Gasteiger partial charge in [0.25, 0.3) is 0 Å². The largest absolute Gasteiger partial charge is 0.301 e.